The number of hydrogen-bond donors (Lipinski definition) is 4. The van der Waals surface area contributed by atoms with E-state index >= 15 is 0 Å². The van der Waals surface area contributed by atoms with E-state index < -0.39 is 18.1 Å². The minimum Gasteiger partial charge on any atom is -0.390 e. The number of nitrogens with zero attached hydrogens (tertiary/aromatic N) is 1. The third-order valence-electron chi connectivity index (χ3n) is 2.79. The number of fused-ring (bicyclic) bond motifs is 1. The number of carbonyl (C=O) groups is 1. The number of rotatable bonds is 4. The van der Waals surface area contributed by atoms with E-state index in [9.17, 15) is 15.0 Å². The highest BCUT2D eigenvalue weighted by atomic mass is 16.3. The van der Waals surface area contributed by atoms with Crippen LogP contribution in [0.4, 0.5) is 5.82 Å². The fourth-order valence-corrected chi connectivity index (χ4v) is 1.90. The third kappa shape index (κ3) is 2.54. The standard InChI is InChI=1S/C11H15N3O3/c12-9(16)4-8(15)10(17)7-3-6-1-2-13-11(6)14-5-7/h3,5,8,10,15,17H,1-2,4H2,(H2,12,16)(H,13,14). The van der Waals surface area contributed by atoms with Crippen LogP contribution in [0.5, 0.6) is 0 Å². The maximum atomic E-state index is 10.7. The number of aromatic nitrogens is 1. The van der Waals surface area contributed by atoms with E-state index in [1.807, 2.05) is 0 Å². The first-order valence-corrected chi connectivity index (χ1v) is 5.45. The molecule has 2 unspecified atom stereocenters. The zero-order chi connectivity index (χ0) is 12.4. The van der Waals surface area contributed by atoms with Gasteiger partial charge in [0, 0.05) is 18.3 Å². The summed E-state index contributed by atoms with van der Waals surface area (Å²) >= 11 is 0. The quantitative estimate of drug-likeness (QED) is 0.555. The zero-order valence-electron chi connectivity index (χ0n) is 9.26. The maximum absolute atomic E-state index is 10.7. The smallest absolute Gasteiger partial charge is 0.220 e. The molecule has 0 saturated heterocycles. The van der Waals surface area contributed by atoms with Gasteiger partial charge in [-0.25, -0.2) is 4.98 Å². The number of pyridine rings is 1. The third-order valence-corrected chi connectivity index (χ3v) is 2.79. The largest absolute Gasteiger partial charge is 0.390 e. The summed E-state index contributed by atoms with van der Waals surface area (Å²) in [5.74, 6) is 0.165. The van der Waals surface area contributed by atoms with E-state index in [1.165, 1.54) is 6.20 Å². The second-order valence-corrected chi connectivity index (χ2v) is 4.14. The Morgan fingerprint density at radius 3 is 3.06 bits per heavy atom. The zero-order valence-corrected chi connectivity index (χ0v) is 9.26. The molecular formula is C11H15N3O3. The van der Waals surface area contributed by atoms with Crippen LogP contribution in [0, 0.1) is 0 Å². The normalized spacial score (nSPS) is 17.1. The molecule has 0 spiro atoms. The average Bonchev–Trinajstić information content (AvgIpc) is 2.73. The molecule has 1 aliphatic heterocycles. The molecular weight excluding hydrogens is 222 g/mol. The van der Waals surface area contributed by atoms with Crippen LogP contribution >= 0.6 is 0 Å². The van der Waals surface area contributed by atoms with Gasteiger partial charge in [-0.05, 0) is 18.1 Å². The lowest BCUT2D eigenvalue weighted by atomic mass is 10.0. The SMILES string of the molecule is NC(=O)CC(O)C(O)c1cnc2c(c1)CCN2. The Balaban J connectivity index is 2.14. The monoisotopic (exact) mass is 237 g/mol. The molecule has 0 aromatic carbocycles. The van der Waals surface area contributed by atoms with Crippen molar-refractivity contribution in [2.24, 2.45) is 5.73 Å². The molecule has 5 N–H and O–H groups in total. The first-order chi connectivity index (χ1) is 8.08. The molecule has 6 heteroatoms. The Morgan fingerprint density at radius 1 is 1.59 bits per heavy atom. The van der Waals surface area contributed by atoms with Crippen molar-refractivity contribution >= 4 is 11.7 Å². The summed E-state index contributed by atoms with van der Waals surface area (Å²) in [6, 6.07) is 1.79. The number of nitrogens with one attached hydrogen (secondary N) is 1. The minimum atomic E-state index is -1.19. The van der Waals surface area contributed by atoms with Gasteiger partial charge in [0.2, 0.25) is 5.91 Å². The van der Waals surface area contributed by atoms with Crippen molar-refractivity contribution in [1.29, 1.82) is 0 Å². The molecule has 0 radical (unpaired) electrons. The summed E-state index contributed by atoms with van der Waals surface area (Å²) in [6.07, 6.45) is -0.264. The van der Waals surface area contributed by atoms with Gasteiger partial charge in [-0.1, -0.05) is 0 Å². The number of amides is 1. The van der Waals surface area contributed by atoms with Crippen LogP contribution in [0.2, 0.25) is 0 Å². The second-order valence-electron chi connectivity index (χ2n) is 4.14. The summed E-state index contributed by atoms with van der Waals surface area (Å²) < 4.78 is 0. The van der Waals surface area contributed by atoms with Gasteiger partial charge in [0.1, 0.15) is 11.9 Å². The number of nitrogens with two attached hydrogens (primary N) is 1. The molecule has 0 fully saturated rings. The van der Waals surface area contributed by atoms with Crippen molar-refractivity contribution in [3.63, 3.8) is 0 Å². The Kier molecular flexibility index (Phi) is 3.26. The van der Waals surface area contributed by atoms with E-state index in [-0.39, 0.29) is 6.42 Å². The number of carbonyl (C=O) groups excluding carboxylic acids is 1. The molecule has 0 saturated carbocycles. The number of aliphatic hydroxyl groups is 2. The highest BCUT2D eigenvalue weighted by molar-refractivity contribution is 5.74. The first kappa shape index (κ1) is 11.8. The molecule has 2 rings (SSSR count). The van der Waals surface area contributed by atoms with Crippen LogP contribution in [0.15, 0.2) is 12.3 Å². The lowest BCUT2D eigenvalue weighted by molar-refractivity contribution is -0.121. The van der Waals surface area contributed by atoms with E-state index in [1.54, 1.807) is 6.07 Å². The van der Waals surface area contributed by atoms with Crippen LogP contribution < -0.4 is 11.1 Å². The lowest BCUT2D eigenvalue weighted by Gasteiger charge is -2.17. The summed E-state index contributed by atoms with van der Waals surface area (Å²) in [4.78, 5) is 14.8. The van der Waals surface area contributed by atoms with Gasteiger partial charge in [-0.3, -0.25) is 4.79 Å². The molecule has 2 heterocycles. The predicted octanol–water partition coefficient (Wildman–Crippen LogP) is -0.681. The maximum Gasteiger partial charge on any atom is 0.220 e. The van der Waals surface area contributed by atoms with Gasteiger partial charge in [0.15, 0.2) is 0 Å². The summed E-state index contributed by atoms with van der Waals surface area (Å²) in [6.45, 7) is 0.825. The Labute approximate surface area is 98.5 Å². The van der Waals surface area contributed by atoms with Gasteiger partial charge in [-0.15, -0.1) is 0 Å². The van der Waals surface area contributed by atoms with Crippen LogP contribution in [0.25, 0.3) is 0 Å². The number of primary amides is 1. The molecule has 1 aromatic rings. The Hall–Kier alpha value is -1.66. The van der Waals surface area contributed by atoms with Crippen molar-refractivity contribution in [3.8, 4) is 0 Å². The van der Waals surface area contributed by atoms with Crippen LogP contribution in [0.3, 0.4) is 0 Å². The summed E-state index contributed by atoms with van der Waals surface area (Å²) in [7, 11) is 0. The molecule has 0 bridgehead atoms. The van der Waals surface area contributed by atoms with Gasteiger partial charge in [-0.2, -0.15) is 0 Å². The molecule has 2 atom stereocenters. The molecule has 1 aromatic heterocycles. The average molecular weight is 237 g/mol. The minimum absolute atomic E-state index is 0.267. The van der Waals surface area contributed by atoms with Crippen molar-refractivity contribution in [2.75, 3.05) is 11.9 Å². The molecule has 1 aliphatic rings. The van der Waals surface area contributed by atoms with E-state index in [4.69, 9.17) is 5.73 Å². The second kappa shape index (κ2) is 4.68. The van der Waals surface area contributed by atoms with Crippen LogP contribution in [-0.2, 0) is 11.2 Å². The van der Waals surface area contributed by atoms with E-state index in [2.05, 4.69) is 10.3 Å². The van der Waals surface area contributed by atoms with Gasteiger partial charge in [0.05, 0.1) is 12.5 Å². The number of aliphatic hydroxyl groups excluding tert-OH is 2. The van der Waals surface area contributed by atoms with E-state index in [0.717, 1.165) is 24.3 Å². The van der Waals surface area contributed by atoms with E-state index in [0.29, 0.717) is 5.56 Å². The molecule has 92 valence electrons. The van der Waals surface area contributed by atoms with Gasteiger partial charge < -0.3 is 21.3 Å². The number of hydrogen-bond acceptors (Lipinski definition) is 5. The fourth-order valence-electron chi connectivity index (χ4n) is 1.90. The fraction of sp³-hybridized carbons (Fsp3) is 0.455. The topological polar surface area (TPSA) is 108 Å². The molecule has 0 aliphatic carbocycles. The number of anilines is 1. The summed E-state index contributed by atoms with van der Waals surface area (Å²) in [5.41, 5.74) is 6.47. The Bertz CT molecular complexity index is 436. The molecule has 1 amide bonds. The van der Waals surface area contributed by atoms with Crippen LogP contribution in [-0.4, -0.2) is 33.8 Å². The highest BCUT2D eigenvalue weighted by Crippen LogP contribution is 2.25. The molecule has 6 nitrogen and oxygen atoms in total. The highest BCUT2D eigenvalue weighted by Gasteiger charge is 2.22. The first-order valence-electron chi connectivity index (χ1n) is 5.45. The van der Waals surface area contributed by atoms with Crippen LogP contribution in [0.1, 0.15) is 23.7 Å². The van der Waals surface area contributed by atoms with Crippen molar-refractivity contribution in [3.05, 3.63) is 23.4 Å². The van der Waals surface area contributed by atoms with Crippen molar-refractivity contribution in [1.82, 2.24) is 4.98 Å². The lowest BCUT2D eigenvalue weighted by Crippen LogP contribution is -2.25. The van der Waals surface area contributed by atoms with Gasteiger partial charge in [0.25, 0.3) is 0 Å². The van der Waals surface area contributed by atoms with Crippen molar-refractivity contribution in [2.45, 2.75) is 25.0 Å². The van der Waals surface area contributed by atoms with Gasteiger partial charge >= 0.3 is 0 Å². The Morgan fingerprint density at radius 2 is 2.35 bits per heavy atom. The molecule has 17 heavy (non-hydrogen) atoms. The summed E-state index contributed by atoms with van der Waals surface area (Å²) in [5, 5.41) is 22.5. The predicted molar refractivity (Wildman–Crippen MR) is 61.2 cm³/mol. The van der Waals surface area contributed by atoms with Crippen molar-refractivity contribution < 1.29 is 15.0 Å².